The summed E-state index contributed by atoms with van der Waals surface area (Å²) in [5.41, 5.74) is 1.21. The van der Waals surface area contributed by atoms with Crippen molar-refractivity contribution in [2.24, 2.45) is 5.92 Å². The van der Waals surface area contributed by atoms with E-state index in [4.69, 9.17) is 0 Å². The lowest BCUT2D eigenvalue weighted by Gasteiger charge is -2.03. The summed E-state index contributed by atoms with van der Waals surface area (Å²) in [7, 11) is 0. The van der Waals surface area contributed by atoms with Gasteiger partial charge in [0.1, 0.15) is 0 Å². The van der Waals surface area contributed by atoms with Crippen molar-refractivity contribution in [1.29, 1.82) is 0 Å². The molecule has 0 bridgehead atoms. The van der Waals surface area contributed by atoms with Gasteiger partial charge in [-0.2, -0.15) is 0 Å². The van der Waals surface area contributed by atoms with E-state index in [1.807, 2.05) is 6.20 Å². The molecule has 1 heterocycles. The Morgan fingerprint density at radius 1 is 1.53 bits per heavy atom. The van der Waals surface area contributed by atoms with E-state index in [1.165, 1.54) is 12.1 Å². The lowest BCUT2D eigenvalue weighted by Crippen LogP contribution is -2.16. The fourth-order valence-corrected chi connectivity index (χ4v) is 3.12. The van der Waals surface area contributed by atoms with Crippen molar-refractivity contribution in [3.05, 3.63) is 26.9 Å². The molecule has 1 fully saturated rings. The molecule has 2 rings (SSSR count). The minimum absolute atomic E-state index is 0.645. The number of aromatic nitrogens is 1. The smallest absolute Gasteiger partial charge is 0.0580 e. The van der Waals surface area contributed by atoms with Gasteiger partial charge in [-0.05, 0) is 63.4 Å². The van der Waals surface area contributed by atoms with E-state index < -0.39 is 0 Å². The van der Waals surface area contributed by atoms with Gasteiger partial charge in [-0.15, -0.1) is 0 Å². The Morgan fingerprint density at radius 3 is 3.00 bits per heavy atom. The maximum atomic E-state index is 4.48. The summed E-state index contributed by atoms with van der Waals surface area (Å²) in [5.74, 6) is 1.42. The van der Waals surface area contributed by atoms with Gasteiger partial charge >= 0.3 is 0 Å². The summed E-state index contributed by atoms with van der Waals surface area (Å²) in [5, 5.41) is 3.39. The Morgan fingerprint density at radius 2 is 2.33 bits per heavy atom. The van der Waals surface area contributed by atoms with Crippen LogP contribution in [-0.4, -0.2) is 18.1 Å². The first-order valence-corrected chi connectivity index (χ1v) is 6.82. The molecule has 2 atom stereocenters. The zero-order valence-corrected chi connectivity index (χ0v) is 11.8. The maximum absolute atomic E-state index is 4.48. The minimum Gasteiger partial charge on any atom is -0.317 e. The van der Waals surface area contributed by atoms with E-state index in [1.54, 1.807) is 0 Å². The average Bonchev–Trinajstić information content (AvgIpc) is 2.94. The Hall–Kier alpha value is 0.0700. The fraction of sp³-hybridized carbons (Fsp3) is 0.545. The van der Waals surface area contributed by atoms with E-state index in [9.17, 15) is 0 Å². The van der Waals surface area contributed by atoms with Gasteiger partial charge in [0.05, 0.1) is 5.69 Å². The Balaban J connectivity index is 2.00. The summed E-state index contributed by atoms with van der Waals surface area (Å²) in [6.07, 6.45) is 3.14. The molecule has 0 aliphatic heterocycles. The van der Waals surface area contributed by atoms with E-state index in [0.29, 0.717) is 5.92 Å². The highest BCUT2D eigenvalue weighted by Crippen LogP contribution is 2.48. The highest BCUT2D eigenvalue weighted by atomic mass is 79.9. The summed E-state index contributed by atoms with van der Waals surface area (Å²) in [4.78, 5) is 4.48. The quantitative estimate of drug-likeness (QED) is 0.914. The molecule has 0 saturated heterocycles. The average molecular weight is 334 g/mol. The molecule has 2 unspecified atom stereocenters. The third-order valence-electron chi connectivity index (χ3n) is 2.77. The molecule has 0 aromatic carbocycles. The van der Waals surface area contributed by atoms with Gasteiger partial charge in [0.25, 0.3) is 0 Å². The minimum atomic E-state index is 0.645. The van der Waals surface area contributed by atoms with Crippen molar-refractivity contribution in [2.75, 3.05) is 13.1 Å². The molecule has 0 spiro atoms. The summed E-state index contributed by atoms with van der Waals surface area (Å²) in [6.45, 7) is 4.31. The van der Waals surface area contributed by atoms with Crippen LogP contribution >= 0.6 is 31.9 Å². The van der Waals surface area contributed by atoms with Gasteiger partial charge in [-0.3, -0.25) is 4.98 Å². The fourth-order valence-electron chi connectivity index (χ4n) is 1.84. The van der Waals surface area contributed by atoms with Crippen molar-refractivity contribution >= 4 is 31.9 Å². The maximum Gasteiger partial charge on any atom is 0.0580 e. The molecule has 1 aliphatic rings. The van der Waals surface area contributed by atoms with Crippen molar-refractivity contribution in [3.8, 4) is 0 Å². The molecule has 4 heteroatoms. The summed E-state index contributed by atoms with van der Waals surface area (Å²) in [6, 6.07) is 2.07. The molecule has 0 amide bonds. The van der Waals surface area contributed by atoms with E-state index >= 15 is 0 Å². The first kappa shape index (κ1) is 11.6. The topological polar surface area (TPSA) is 24.9 Å². The van der Waals surface area contributed by atoms with Crippen LogP contribution in [0.4, 0.5) is 0 Å². The Kier molecular flexibility index (Phi) is 3.80. The second-order valence-corrected chi connectivity index (χ2v) is 5.70. The predicted octanol–water partition coefficient (Wildman–Crippen LogP) is 3.32. The number of hydrogen-bond acceptors (Lipinski definition) is 2. The molecule has 1 saturated carbocycles. The number of pyridine rings is 1. The van der Waals surface area contributed by atoms with Crippen molar-refractivity contribution in [3.63, 3.8) is 0 Å². The highest BCUT2D eigenvalue weighted by Gasteiger charge is 2.39. The van der Waals surface area contributed by atoms with Crippen LogP contribution in [0.5, 0.6) is 0 Å². The first-order chi connectivity index (χ1) is 7.22. The van der Waals surface area contributed by atoms with Crippen molar-refractivity contribution < 1.29 is 0 Å². The van der Waals surface area contributed by atoms with Crippen LogP contribution in [0.1, 0.15) is 25.0 Å². The normalized spacial score (nSPS) is 24.2. The largest absolute Gasteiger partial charge is 0.317 e. The zero-order chi connectivity index (χ0) is 10.8. The van der Waals surface area contributed by atoms with Gasteiger partial charge in [0.15, 0.2) is 0 Å². The molecule has 1 aromatic heterocycles. The van der Waals surface area contributed by atoms with Crippen LogP contribution in [-0.2, 0) is 0 Å². The molecule has 1 N–H and O–H groups in total. The molecular formula is C11H14Br2N2. The van der Waals surface area contributed by atoms with Crippen molar-refractivity contribution in [2.45, 2.75) is 19.3 Å². The van der Waals surface area contributed by atoms with Crippen LogP contribution in [0.15, 0.2) is 21.2 Å². The van der Waals surface area contributed by atoms with Gasteiger partial charge < -0.3 is 5.32 Å². The summed E-state index contributed by atoms with van der Waals surface area (Å²) >= 11 is 6.99. The molecule has 2 nitrogen and oxygen atoms in total. The number of halogens is 2. The molecule has 1 aliphatic carbocycles. The molecular weight excluding hydrogens is 320 g/mol. The van der Waals surface area contributed by atoms with Gasteiger partial charge in [-0.25, -0.2) is 0 Å². The standard InChI is InChI=1S/C11H14Br2N2/c1-2-14-5-7-3-9(7)11-10(13)4-8(12)6-15-11/h4,6-7,9,14H,2-3,5H2,1H3. The van der Waals surface area contributed by atoms with E-state index in [2.05, 4.69) is 55.2 Å². The summed E-state index contributed by atoms with van der Waals surface area (Å²) < 4.78 is 2.16. The van der Waals surface area contributed by atoms with Crippen LogP contribution in [0.3, 0.4) is 0 Å². The number of rotatable bonds is 4. The Labute approximate surface area is 107 Å². The molecule has 0 radical (unpaired) electrons. The van der Waals surface area contributed by atoms with Crippen LogP contribution in [0.25, 0.3) is 0 Å². The zero-order valence-electron chi connectivity index (χ0n) is 8.63. The number of hydrogen-bond donors (Lipinski definition) is 1. The lowest BCUT2D eigenvalue weighted by atomic mass is 10.2. The third kappa shape index (κ3) is 2.80. The molecule has 1 aromatic rings. The molecule has 82 valence electrons. The van der Waals surface area contributed by atoms with Crippen molar-refractivity contribution in [1.82, 2.24) is 10.3 Å². The van der Waals surface area contributed by atoms with E-state index in [-0.39, 0.29) is 0 Å². The second kappa shape index (κ2) is 4.93. The van der Waals surface area contributed by atoms with Crippen LogP contribution in [0.2, 0.25) is 0 Å². The highest BCUT2D eigenvalue weighted by molar-refractivity contribution is 9.11. The Bertz CT molecular complexity index is 354. The predicted molar refractivity (Wildman–Crippen MR) is 69.0 cm³/mol. The first-order valence-electron chi connectivity index (χ1n) is 5.24. The van der Waals surface area contributed by atoms with E-state index in [0.717, 1.165) is 28.0 Å². The SMILES string of the molecule is CCNCC1CC1c1ncc(Br)cc1Br. The molecule has 15 heavy (non-hydrogen) atoms. The monoisotopic (exact) mass is 332 g/mol. The lowest BCUT2D eigenvalue weighted by molar-refractivity contribution is 0.646. The van der Waals surface area contributed by atoms with Crippen LogP contribution in [0, 0.1) is 5.92 Å². The second-order valence-electron chi connectivity index (χ2n) is 3.93. The van der Waals surface area contributed by atoms with Gasteiger partial charge in [-0.1, -0.05) is 6.92 Å². The number of nitrogens with zero attached hydrogens (tertiary/aromatic N) is 1. The third-order valence-corrected chi connectivity index (χ3v) is 3.84. The number of nitrogens with one attached hydrogen (secondary N) is 1. The van der Waals surface area contributed by atoms with Gasteiger partial charge in [0, 0.05) is 21.1 Å². The van der Waals surface area contributed by atoms with Crippen LogP contribution < -0.4 is 5.32 Å². The van der Waals surface area contributed by atoms with Gasteiger partial charge in [0.2, 0.25) is 0 Å².